The lowest BCUT2D eigenvalue weighted by Gasteiger charge is -2.31. The van der Waals surface area contributed by atoms with Gasteiger partial charge in [0.15, 0.2) is 0 Å². The van der Waals surface area contributed by atoms with Gasteiger partial charge < -0.3 is 14.0 Å². The first kappa shape index (κ1) is 15.3. The van der Waals surface area contributed by atoms with Crippen LogP contribution < -0.4 is 0 Å². The Labute approximate surface area is 107 Å². The predicted molar refractivity (Wildman–Crippen MR) is 74.8 cm³/mol. The maximum atomic E-state index is 9.80. The zero-order chi connectivity index (χ0) is 12.7. The van der Waals surface area contributed by atoms with Gasteiger partial charge in [0, 0.05) is 0 Å². The van der Waals surface area contributed by atoms with Crippen molar-refractivity contribution in [2.24, 2.45) is 0 Å². The molecule has 1 saturated carbocycles. The first-order valence-electron chi connectivity index (χ1n) is 6.68. The van der Waals surface area contributed by atoms with Crippen LogP contribution in [0.1, 0.15) is 39.0 Å². The van der Waals surface area contributed by atoms with Crippen LogP contribution in [-0.4, -0.2) is 48.8 Å². The van der Waals surface area contributed by atoms with E-state index in [4.69, 9.17) is 8.92 Å². The van der Waals surface area contributed by atoms with Crippen LogP contribution in [0.3, 0.4) is 0 Å². The lowest BCUT2D eigenvalue weighted by molar-refractivity contribution is -0.0348. The standard InChI is InChI=1S/C13H28O3S/c1-4-17(2,3)16-11-12(14)10-15-13-8-6-5-7-9-13/h12-14H,4-11H2,1-3H3. The Morgan fingerprint density at radius 3 is 2.41 bits per heavy atom. The van der Waals surface area contributed by atoms with Crippen molar-refractivity contribution in [3.63, 3.8) is 0 Å². The first-order chi connectivity index (χ1) is 8.03. The zero-order valence-electron chi connectivity index (χ0n) is 11.5. The van der Waals surface area contributed by atoms with Gasteiger partial charge in [-0.05, 0) is 31.1 Å². The third kappa shape index (κ3) is 6.65. The molecule has 1 aliphatic carbocycles. The number of rotatable bonds is 7. The van der Waals surface area contributed by atoms with Gasteiger partial charge in [-0.2, -0.15) is 0 Å². The molecule has 0 radical (unpaired) electrons. The molecule has 0 saturated heterocycles. The summed E-state index contributed by atoms with van der Waals surface area (Å²) in [6.07, 6.45) is 10.3. The van der Waals surface area contributed by atoms with Crippen molar-refractivity contribution in [3.8, 4) is 0 Å². The number of ether oxygens (including phenoxy) is 1. The Bertz CT molecular complexity index is 203. The van der Waals surface area contributed by atoms with Crippen molar-refractivity contribution >= 4 is 10.3 Å². The molecule has 3 nitrogen and oxygen atoms in total. The minimum absolute atomic E-state index is 0.366. The monoisotopic (exact) mass is 264 g/mol. The molecule has 1 N–H and O–H groups in total. The number of hydrogen-bond acceptors (Lipinski definition) is 3. The van der Waals surface area contributed by atoms with E-state index in [-0.39, 0.29) is 0 Å². The summed E-state index contributed by atoms with van der Waals surface area (Å²) in [5, 5.41) is 9.80. The molecule has 1 fully saturated rings. The quantitative estimate of drug-likeness (QED) is 0.768. The third-order valence-corrected chi connectivity index (χ3v) is 5.52. The summed E-state index contributed by atoms with van der Waals surface area (Å²) < 4.78 is 11.5. The van der Waals surface area contributed by atoms with Gasteiger partial charge >= 0.3 is 0 Å². The molecule has 0 aromatic heterocycles. The molecule has 1 rings (SSSR count). The molecule has 4 heteroatoms. The van der Waals surface area contributed by atoms with E-state index in [1.165, 1.54) is 19.3 Å². The fraction of sp³-hybridized carbons (Fsp3) is 1.00. The summed E-state index contributed by atoms with van der Waals surface area (Å²) >= 11 is 0. The molecular weight excluding hydrogens is 236 g/mol. The number of aliphatic hydroxyl groups excluding tert-OH is 1. The molecule has 0 aromatic rings. The van der Waals surface area contributed by atoms with Gasteiger partial charge in [0.1, 0.15) is 6.10 Å². The largest absolute Gasteiger partial charge is 0.388 e. The van der Waals surface area contributed by atoms with E-state index < -0.39 is 16.4 Å². The first-order valence-corrected chi connectivity index (χ1v) is 9.23. The molecule has 104 valence electrons. The van der Waals surface area contributed by atoms with E-state index in [1.807, 2.05) is 0 Å². The van der Waals surface area contributed by atoms with E-state index in [2.05, 4.69) is 19.4 Å². The molecule has 1 unspecified atom stereocenters. The summed E-state index contributed by atoms with van der Waals surface area (Å²) in [7, 11) is -0.973. The number of aliphatic hydroxyl groups is 1. The zero-order valence-corrected chi connectivity index (χ0v) is 12.3. The van der Waals surface area contributed by atoms with Gasteiger partial charge in [-0.15, -0.1) is 10.3 Å². The molecule has 0 heterocycles. The Kier molecular flexibility index (Phi) is 6.85. The highest BCUT2D eigenvalue weighted by Crippen LogP contribution is 2.40. The Hall–Kier alpha value is 0.230. The summed E-state index contributed by atoms with van der Waals surface area (Å²) in [6, 6.07) is 0. The van der Waals surface area contributed by atoms with Crippen LogP contribution in [0.2, 0.25) is 0 Å². The Morgan fingerprint density at radius 1 is 1.18 bits per heavy atom. The Morgan fingerprint density at radius 2 is 1.82 bits per heavy atom. The average molecular weight is 264 g/mol. The van der Waals surface area contributed by atoms with E-state index >= 15 is 0 Å². The highest BCUT2D eigenvalue weighted by Gasteiger charge is 2.17. The van der Waals surface area contributed by atoms with E-state index in [0.29, 0.717) is 19.3 Å². The van der Waals surface area contributed by atoms with Crippen molar-refractivity contribution in [3.05, 3.63) is 0 Å². The highest BCUT2D eigenvalue weighted by atomic mass is 32.3. The van der Waals surface area contributed by atoms with Crippen LogP contribution in [-0.2, 0) is 8.92 Å². The minimum Gasteiger partial charge on any atom is -0.388 e. The second-order valence-corrected chi connectivity index (χ2v) is 8.94. The van der Waals surface area contributed by atoms with Gasteiger partial charge in [-0.25, -0.2) is 0 Å². The number of hydrogen-bond donors (Lipinski definition) is 1. The summed E-state index contributed by atoms with van der Waals surface area (Å²) in [5.41, 5.74) is 0. The van der Waals surface area contributed by atoms with Crippen molar-refractivity contribution in [2.75, 3.05) is 31.5 Å². The molecule has 0 bridgehead atoms. The van der Waals surface area contributed by atoms with Gasteiger partial charge in [0.05, 0.1) is 19.3 Å². The fourth-order valence-electron chi connectivity index (χ4n) is 1.87. The second-order valence-electron chi connectivity index (χ2n) is 5.26. The third-order valence-electron chi connectivity index (χ3n) is 3.35. The molecule has 0 amide bonds. The Balaban J connectivity index is 2.10. The van der Waals surface area contributed by atoms with Gasteiger partial charge in [-0.3, -0.25) is 0 Å². The van der Waals surface area contributed by atoms with Crippen LogP contribution >= 0.6 is 10.3 Å². The average Bonchev–Trinajstić information content (AvgIpc) is 2.35. The molecule has 0 aliphatic heterocycles. The molecule has 1 atom stereocenters. The van der Waals surface area contributed by atoms with E-state index in [0.717, 1.165) is 18.6 Å². The maximum Gasteiger partial charge on any atom is 0.102 e. The van der Waals surface area contributed by atoms with E-state index in [9.17, 15) is 5.11 Å². The van der Waals surface area contributed by atoms with Crippen LogP contribution in [0.15, 0.2) is 0 Å². The lowest BCUT2D eigenvalue weighted by atomic mass is 9.98. The normalized spacial score (nSPS) is 21.4. The summed E-state index contributed by atoms with van der Waals surface area (Å²) in [4.78, 5) is 0. The van der Waals surface area contributed by atoms with Crippen LogP contribution in [0.4, 0.5) is 0 Å². The van der Waals surface area contributed by atoms with E-state index in [1.54, 1.807) is 0 Å². The van der Waals surface area contributed by atoms with Gasteiger partial charge in [0.25, 0.3) is 0 Å². The van der Waals surface area contributed by atoms with Crippen LogP contribution in [0.25, 0.3) is 0 Å². The van der Waals surface area contributed by atoms with Gasteiger partial charge in [-0.1, -0.05) is 26.2 Å². The molecule has 1 aliphatic rings. The topological polar surface area (TPSA) is 38.7 Å². The van der Waals surface area contributed by atoms with Gasteiger partial charge in [0.2, 0.25) is 0 Å². The SMILES string of the molecule is CCS(C)(C)OCC(O)COC1CCCCC1. The molecule has 0 aromatic carbocycles. The van der Waals surface area contributed by atoms with Crippen molar-refractivity contribution in [1.82, 2.24) is 0 Å². The maximum absolute atomic E-state index is 9.80. The van der Waals surface area contributed by atoms with Crippen molar-refractivity contribution < 1.29 is 14.0 Å². The highest BCUT2D eigenvalue weighted by molar-refractivity contribution is 8.28. The van der Waals surface area contributed by atoms with Crippen molar-refractivity contribution in [1.29, 1.82) is 0 Å². The minimum atomic E-state index is -0.973. The smallest absolute Gasteiger partial charge is 0.102 e. The molecule has 17 heavy (non-hydrogen) atoms. The van der Waals surface area contributed by atoms with Crippen molar-refractivity contribution in [2.45, 2.75) is 51.2 Å². The van der Waals surface area contributed by atoms with Crippen LogP contribution in [0, 0.1) is 0 Å². The van der Waals surface area contributed by atoms with Crippen LogP contribution in [0.5, 0.6) is 0 Å². The molecule has 0 spiro atoms. The fourth-order valence-corrected chi connectivity index (χ4v) is 2.57. The second kappa shape index (κ2) is 7.62. The summed E-state index contributed by atoms with van der Waals surface area (Å²) in [6.45, 7) is 2.95. The summed E-state index contributed by atoms with van der Waals surface area (Å²) in [5.74, 6) is 1.03. The lowest BCUT2D eigenvalue weighted by Crippen LogP contribution is -2.27. The predicted octanol–water partition coefficient (Wildman–Crippen LogP) is 2.71. The molecular formula is C13H28O3S.